The molecule has 0 bridgehead atoms. The predicted octanol–water partition coefficient (Wildman–Crippen LogP) is 1.08. The maximum absolute atomic E-state index is 12.5. The third-order valence-electron chi connectivity index (χ3n) is 4.87. The summed E-state index contributed by atoms with van der Waals surface area (Å²) in [6, 6.07) is 3.86. The van der Waals surface area contributed by atoms with Gasteiger partial charge in [-0.3, -0.25) is 19.5 Å². The number of pyridine rings is 1. The Hall–Kier alpha value is -1.95. The number of hydrogen-bond donors (Lipinski definition) is 1. The second-order valence-corrected chi connectivity index (χ2v) is 6.77. The van der Waals surface area contributed by atoms with E-state index in [9.17, 15) is 14.7 Å². The van der Waals surface area contributed by atoms with Crippen molar-refractivity contribution in [3.63, 3.8) is 0 Å². The van der Waals surface area contributed by atoms with Gasteiger partial charge in [-0.2, -0.15) is 0 Å². The average Bonchev–Trinajstić information content (AvgIpc) is 3.26. The highest BCUT2D eigenvalue weighted by molar-refractivity contribution is 5.80. The summed E-state index contributed by atoms with van der Waals surface area (Å²) in [6.07, 6.45) is 5.70. The van der Waals surface area contributed by atoms with Crippen molar-refractivity contribution in [1.29, 1.82) is 0 Å². The van der Waals surface area contributed by atoms with Crippen LogP contribution in [0.25, 0.3) is 0 Å². The maximum Gasteiger partial charge on any atom is 0.308 e. The molecule has 23 heavy (non-hydrogen) atoms. The lowest BCUT2D eigenvalue weighted by Gasteiger charge is -2.21. The zero-order valence-electron chi connectivity index (χ0n) is 13.4. The van der Waals surface area contributed by atoms with Crippen LogP contribution in [0.5, 0.6) is 0 Å². The lowest BCUT2D eigenvalue weighted by atomic mass is 9.92. The molecule has 1 amide bonds. The van der Waals surface area contributed by atoms with Crippen LogP contribution >= 0.6 is 0 Å². The number of aromatic nitrogens is 1. The van der Waals surface area contributed by atoms with E-state index in [1.54, 1.807) is 17.3 Å². The second-order valence-electron chi connectivity index (χ2n) is 6.77. The van der Waals surface area contributed by atoms with Gasteiger partial charge in [0.05, 0.1) is 12.5 Å². The van der Waals surface area contributed by atoms with Crippen molar-refractivity contribution in [3.05, 3.63) is 30.1 Å². The molecule has 2 fully saturated rings. The van der Waals surface area contributed by atoms with Crippen molar-refractivity contribution in [2.75, 3.05) is 26.7 Å². The molecule has 1 aliphatic carbocycles. The minimum atomic E-state index is -0.762. The van der Waals surface area contributed by atoms with Gasteiger partial charge in [0.2, 0.25) is 5.91 Å². The lowest BCUT2D eigenvalue weighted by molar-refractivity contribution is -0.142. The largest absolute Gasteiger partial charge is 0.481 e. The SMILES string of the molecule is CN(CC(=O)N1C[C@H](C(=O)O)[C@@H](C2CC2)C1)Cc1ccncc1. The minimum absolute atomic E-state index is 0.0240. The molecule has 0 spiro atoms. The van der Waals surface area contributed by atoms with Crippen LogP contribution in [0, 0.1) is 17.8 Å². The number of carbonyl (C=O) groups excluding carboxylic acids is 1. The summed E-state index contributed by atoms with van der Waals surface area (Å²) in [5.74, 6) is -0.486. The molecule has 6 heteroatoms. The van der Waals surface area contributed by atoms with E-state index in [0.29, 0.717) is 32.1 Å². The van der Waals surface area contributed by atoms with Crippen LogP contribution < -0.4 is 0 Å². The first-order chi connectivity index (χ1) is 11.0. The van der Waals surface area contributed by atoms with Crippen molar-refractivity contribution in [2.45, 2.75) is 19.4 Å². The van der Waals surface area contributed by atoms with Crippen molar-refractivity contribution < 1.29 is 14.7 Å². The Morgan fingerprint density at radius 3 is 2.61 bits per heavy atom. The van der Waals surface area contributed by atoms with Gasteiger partial charge in [-0.25, -0.2) is 0 Å². The Labute approximate surface area is 136 Å². The van der Waals surface area contributed by atoms with E-state index in [0.717, 1.165) is 18.4 Å². The smallest absolute Gasteiger partial charge is 0.308 e. The summed E-state index contributed by atoms with van der Waals surface area (Å²) < 4.78 is 0. The quantitative estimate of drug-likeness (QED) is 0.850. The van der Waals surface area contributed by atoms with Crippen molar-refractivity contribution >= 4 is 11.9 Å². The molecule has 1 aliphatic heterocycles. The topological polar surface area (TPSA) is 73.7 Å². The molecular weight excluding hydrogens is 294 g/mol. The molecule has 1 saturated heterocycles. The molecule has 6 nitrogen and oxygen atoms in total. The standard InChI is InChI=1S/C17H23N3O3/c1-19(8-12-4-6-18-7-5-12)11-16(21)20-9-14(13-2-3-13)15(10-20)17(22)23/h4-7,13-15H,2-3,8-11H2,1H3,(H,22,23)/t14-,15+/m1/s1. The molecule has 2 aliphatic rings. The van der Waals surface area contributed by atoms with Crippen LogP contribution in [-0.2, 0) is 16.1 Å². The molecule has 1 N–H and O–H groups in total. The molecular formula is C17H23N3O3. The molecule has 2 heterocycles. The van der Waals surface area contributed by atoms with E-state index >= 15 is 0 Å². The van der Waals surface area contributed by atoms with Crippen LogP contribution in [0.15, 0.2) is 24.5 Å². The lowest BCUT2D eigenvalue weighted by Crippen LogP contribution is -2.38. The van der Waals surface area contributed by atoms with E-state index in [4.69, 9.17) is 0 Å². The summed E-state index contributed by atoms with van der Waals surface area (Å²) >= 11 is 0. The third-order valence-corrected chi connectivity index (χ3v) is 4.87. The fourth-order valence-electron chi connectivity index (χ4n) is 3.48. The van der Waals surface area contributed by atoms with E-state index in [2.05, 4.69) is 4.98 Å². The molecule has 0 radical (unpaired) electrons. The Bertz CT molecular complexity index is 574. The van der Waals surface area contributed by atoms with Crippen LogP contribution in [0.2, 0.25) is 0 Å². The monoisotopic (exact) mass is 317 g/mol. The van der Waals surface area contributed by atoms with Crippen LogP contribution in [0.3, 0.4) is 0 Å². The van der Waals surface area contributed by atoms with Crippen molar-refractivity contribution in [1.82, 2.24) is 14.8 Å². The highest BCUT2D eigenvalue weighted by atomic mass is 16.4. The molecule has 124 valence electrons. The Morgan fingerprint density at radius 2 is 2.00 bits per heavy atom. The second kappa shape index (κ2) is 6.66. The maximum atomic E-state index is 12.5. The van der Waals surface area contributed by atoms with E-state index < -0.39 is 11.9 Å². The van der Waals surface area contributed by atoms with Crippen molar-refractivity contribution in [3.8, 4) is 0 Å². The van der Waals surface area contributed by atoms with E-state index in [1.807, 2.05) is 24.1 Å². The van der Waals surface area contributed by atoms with Crippen molar-refractivity contribution in [2.24, 2.45) is 17.8 Å². The molecule has 3 rings (SSSR count). The number of hydrogen-bond acceptors (Lipinski definition) is 4. The fourth-order valence-corrected chi connectivity index (χ4v) is 3.48. The number of likely N-dealkylation sites (tertiary alicyclic amines) is 1. The number of aliphatic carboxylic acids is 1. The van der Waals surface area contributed by atoms with Crippen LogP contribution in [0.1, 0.15) is 18.4 Å². The number of nitrogens with zero attached hydrogens (tertiary/aromatic N) is 3. The minimum Gasteiger partial charge on any atom is -0.481 e. The zero-order chi connectivity index (χ0) is 16.4. The summed E-state index contributed by atoms with van der Waals surface area (Å²) in [5, 5.41) is 9.38. The molecule has 0 unspecified atom stereocenters. The first kappa shape index (κ1) is 15.9. The van der Waals surface area contributed by atoms with E-state index in [1.165, 1.54) is 0 Å². The Morgan fingerprint density at radius 1 is 1.30 bits per heavy atom. The Kier molecular flexibility index (Phi) is 4.61. The number of carboxylic acid groups (broad SMARTS) is 1. The fraction of sp³-hybridized carbons (Fsp3) is 0.588. The van der Waals surface area contributed by atoms with Crippen LogP contribution in [-0.4, -0.2) is 58.4 Å². The number of amides is 1. The highest BCUT2D eigenvalue weighted by Gasteiger charge is 2.46. The first-order valence-corrected chi connectivity index (χ1v) is 8.12. The molecule has 2 atom stereocenters. The summed E-state index contributed by atoms with van der Waals surface area (Å²) in [4.78, 5) is 31.6. The van der Waals surface area contributed by atoms with Gasteiger partial charge in [-0.1, -0.05) is 0 Å². The summed E-state index contributed by atoms with van der Waals surface area (Å²) in [5.41, 5.74) is 1.11. The van der Waals surface area contributed by atoms with Gasteiger partial charge in [0.1, 0.15) is 0 Å². The molecule has 1 saturated carbocycles. The number of likely N-dealkylation sites (N-methyl/N-ethyl adjacent to an activating group) is 1. The third kappa shape index (κ3) is 3.88. The molecule has 1 aromatic rings. The normalized spacial score (nSPS) is 24.2. The van der Waals surface area contributed by atoms with Gasteiger partial charge in [0, 0.05) is 32.0 Å². The van der Waals surface area contributed by atoms with Gasteiger partial charge in [0.25, 0.3) is 0 Å². The number of rotatable bonds is 6. The Balaban J connectivity index is 1.54. The zero-order valence-corrected chi connectivity index (χ0v) is 13.4. The van der Waals surface area contributed by atoms with Gasteiger partial charge >= 0.3 is 5.97 Å². The van der Waals surface area contributed by atoms with Gasteiger partial charge in [-0.15, -0.1) is 0 Å². The van der Waals surface area contributed by atoms with E-state index in [-0.39, 0.29) is 11.8 Å². The number of carbonyl (C=O) groups is 2. The summed E-state index contributed by atoms with van der Waals surface area (Å²) in [6.45, 7) is 1.95. The average molecular weight is 317 g/mol. The van der Waals surface area contributed by atoms with Gasteiger partial charge < -0.3 is 10.0 Å². The van der Waals surface area contributed by atoms with Gasteiger partial charge in [-0.05, 0) is 49.4 Å². The van der Waals surface area contributed by atoms with Gasteiger partial charge in [0.15, 0.2) is 0 Å². The van der Waals surface area contributed by atoms with Crippen LogP contribution in [0.4, 0.5) is 0 Å². The molecule has 1 aromatic heterocycles. The number of carboxylic acids is 1. The molecule has 0 aromatic carbocycles. The first-order valence-electron chi connectivity index (χ1n) is 8.12. The predicted molar refractivity (Wildman–Crippen MR) is 84.5 cm³/mol. The summed E-state index contributed by atoms with van der Waals surface area (Å²) in [7, 11) is 1.90. The highest BCUT2D eigenvalue weighted by Crippen LogP contribution is 2.44.